The van der Waals surface area contributed by atoms with Crippen LogP contribution in [-0.4, -0.2) is 4.89 Å². The molecule has 104 valence electrons. The van der Waals surface area contributed by atoms with E-state index in [1.54, 1.807) is 0 Å². The summed E-state index contributed by atoms with van der Waals surface area (Å²) in [4.78, 5) is 10.4. The topological polar surface area (TPSA) is 20.2 Å². The summed E-state index contributed by atoms with van der Waals surface area (Å²) in [5.41, 5.74) is 3.34. The molecule has 0 aromatic heterocycles. The molecule has 0 fully saturated rings. The molecule has 0 radical (unpaired) electrons. The van der Waals surface area contributed by atoms with Gasteiger partial charge in [-0.3, -0.25) is 0 Å². The molecule has 0 aliphatic heterocycles. The van der Waals surface area contributed by atoms with E-state index in [0.29, 0.717) is 0 Å². The summed E-state index contributed by atoms with van der Waals surface area (Å²) in [6.45, 7) is 0. The molecule has 3 aromatic rings. The molecule has 1 atom stereocenters. The van der Waals surface area contributed by atoms with Crippen LogP contribution in [0.4, 0.5) is 0 Å². The van der Waals surface area contributed by atoms with Crippen LogP contribution in [0.5, 0.6) is 0 Å². The molecule has 3 aromatic carbocycles. The van der Waals surface area contributed by atoms with Crippen LogP contribution < -0.4 is 0 Å². The number of benzene rings is 3. The fourth-order valence-electron chi connectivity index (χ4n) is 2.76. The lowest BCUT2D eigenvalue weighted by atomic mass is 9.84. The molecule has 1 nitrogen and oxygen atoms in total. The summed E-state index contributed by atoms with van der Waals surface area (Å²) < 4.78 is 0. The van der Waals surface area contributed by atoms with E-state index < -0.39 is 5.16 Å². The van der Waals surface area contributed by atoms with Gasteiger partial charge in [-0.25, -0.2) is 0 Å². The Hall–Kier alpha value is -1.95. The molecule has 2 heteroatoms. The lowest BCUT2D eigenvalue weighted by Crippen LogP contribution is -2.23. The largest absolute Gasteiger partial charge is 0.375 e. The zero-order valence-electron chi connectivity index (χ0n) is 11.6. The van der Waals surface area contributed by atoms with Crippen molar-refractivity contribution in [3.63, 3.8) is 0 Å². The predicted octanol–water partition coefficient (Wildman–Crippen LogP) is 4.56. The third kappa shape index (κ3) is 2.51. The molecule has 0 heterocycles. The highest BCUT2D eigenvalue weighted by Gasteiger charge is 2.35. The van der Waals surface area contributed by atoms with E-state index in [9.17, 15) is 4.89 Å². The van der Waals surface area contributed by atoms with Crippen LogP contribution in [0.2, 0.25) is 0 Å². The predicted molar refractivity (Wildman–Crippen MR) is 89.7 cm³/mol. The van der Waals surface area contributed by atoms with Crippen LogP contribution in [0.1, 0.15) is 16.7 Å². The third-order valence-electron chi connectivity index (χ3n) is 3.79. The highest BCUT2D eigenvalue weighted by Crippen LogP contribution is 2.50. The Morgan fingerprint density at radius 2 is 0.810 bits per heavy atom. The summed E-state index contributed by atoms with van der Waals surface area (Å²) in [6.07, 6.45) is 0. The summed E-state index contributed by atoms with van der Waals surface area (Å²) in [5, 5.41) is -0.496. The monoisotopic (exact) mass is 292 g/mol. The van der Waals surface area contributed by atoms with Crippen LogP contribution in [0.15, 0.2) is 91.0 Å². The Kier molecular flexibility index (Phi) is 4.15. The summed E-state index contributed by atoms with van der Waals surface area (Å²) >= 11 is 0. The van der Waals surface area contributed by atoms with Crippen molar-refractivity contribution >= 4 is 8.81 Å². The minimum absolute atomic E-state index is 0.249. The van der Waals surface area contributed by atoms with E-state index in [1.165, 1.54) is 0 Å². The second-order valence-electron chi connectivity index (χ2n) is 4.96. The molecule has 3 rings (SSSR count). The number of hydrogen-bond acceptors (Lipinski definition) is 1. The van der Waals surface area contributed by atoms with Gasteiger partial charge in [-0.15, -0.1) is 0 Å². The molecule has 0 aliphatic rings. The van der Waals surface area contributed by atoms with Gasteiger partial charge in [0, 0.05) is 8.81 Å². The van der Waals surface area contributed by atoms with Gasteiger partial charge in [-0.2, -0.15) is 0 Å². The second-order valence-corrected chi connectivity index (χ2v) is 5.93. The first-order chi connectivity index (χ1) is 10.4. The molecule has 0 amide bonds. The second kappa shape index (κ2) is 6.22. The van der Waals surface area contributed by atoms with E-state index in [-0.39, 0.29) is 8.81 Å². The average Bonchev–Trinajstić information content (AvgIpc) is 2.59. The maximum atomic E-state index is 10.4. The standard InChI is InChI=1S/C19H17OP/c20-21-19(16-10-4-1-5-11-16,17-12-6-2-7-13-17)18-14-8-3-9-15-18/h1-15,20-21H. The van der Waals surface area contributed by atoms with Crippen molar-refractivity contribution in [2.24, 2.45) is 0 Å². The summed E-state index contributed by atoms with van der Waals surface area (Å²) in [6, 6.07) is 30.7. The Balaban J connectivity index is 2.29. The first-order valence-electron chi connectivity index (χ1n) is 6.96. The lowest BCUT2D eigenvalue weighted by Gasteiger charge is -2.33. The third-order valence-corrected chi connectivity index (χ3v) is 4.99. The van der Waals surface area contributed by atoms with E-state index in [1.807, 2.05) is 54.6 Å². The van der Waals surface area contributed by atoms with Crippen LogP contribution >= 0.6 is 8.81 Å². The van der Waals surface area contributed by atoms with Gasteiger partial charge in [-0.1, -0.05) is 91.0 Å². The van der Waals surface area contributed by atoms with Crippen molar-refractivity contribution in [3.8, 4) is 0 Å². The minimum atomic E-state index is -0.496. The molecule has 0 saturated heterocycles. The first-order valence-corrected chi connectivity index (χ1v) is 7.90. The number of rotatable bonds is 4. The van der Waals surface area contributed by atoms with Crippen LogP contribution in [-0.2, 0) is 5.16 Å². The molecule has 0 aliphatic carbocycles. The molecule has 0 saturated carbocycles. The first kappa shape index (κ1) is 14.0. The van der Waals surface area contributed by atoms with E-state index in [0.717, 1.165) is 16.7 Å². The van der Waals surface area contributed by atoms with Crippen molar-refractivity contribution in [2.45, 2.75) is 5.16 Å². The van der Waals surface area contributed by atoms with E-state index in [4.69, 9.17) is 0 Å². The Bertz CT molecular complexity index is 584. The van der Waals surface area contributed by atoms with Crippen LogP contribution in [0, 0.1) is 0 Å². The van der Waals surface area contributed by atoms with Crippen molar-refractivity contribution in [3.05, 3.63) is 108 Å². The van der Waals surface area contributed by atoms with Gasteiger partial charge >= 0.3 is 0 Å². The molecular formula is C19H17OP. The SMILES string of the molecule is OPC(c1ccccc1)(c1ccccc1)c1ccccc1. The van der Waals surface area contributed by atoms with Crippen LogP contribution in [0.3, 0.4) is 0 Å². The fourth-order valence-corrected chi connectivity index (χ4v) is 3.65. The van der Waals surface area contributed by atoms with E-state index >= 15 is 0 Å². The summed E-state index contributed by atoms with van der Waals surface area (Å²) in [5.74, 6) is 0. The molecule has 1 N–H and O–H groups in total. The zero-order chi connectivity index (χ0) is 14.5. The molecule has 21 heavy (non-hydrogen) atoms. The van der Waals surface area contributed by atoms with Crippen molar-refractivity contribution in [1.29, 1.82) is 0 Å². The zero-order valence-corrected chi connectivity index (χ0v) is 12.6. The van der Waals surface area contributed by atoms with Gasteiger partial charge in [0.15, 0.2) is 0 Å². The molecular weight excluding hydrogens is 275 g/mol. The molecule has 1 unspecified atom stereocenters. The van der Waals surface area contributed by atoms with Crippen LogP contribution in [0.25, 0.3) is 0 Å². The fraction of sp³-hybridized carbons (Fsp3) is 0.0526. The maximum absolute atomic E-state index is 10.4. The van der Waals surface area contributed by atoms with Crippen molar-refractivity contribution < 1.29 is 4.89 Å². The van der Waals surface area contributed by atoms with Gasteiger partial charge in [0.05, 0.1) is 5.16 Å². The van der Waals surface area contributed by atoms with Gasteiger partial charge in [0.2, 0.25) is 0 Å². The van der Waals surface area contributed by atoms with Gasteiger partial charge in [-0.05, 0) is 16.7 Å². The van der Waals surface area contributed by atoms with Gasteiger partial charge < -0.3 is 4.89 Å². The summed E-state index contributed by atoms with van der Waals surface area (Å²) in [7, 11) is -0.249. The highest BCUT2D eigenvalue weighted by atomic mass is 31.1. The van der Waals surface area contributed by atoms with Crippen molar-refractivity contribution in [2.75, 3.05) is 0 Å². The maximum Gasteiger partial charge on any atom is 0.0864 e. The average molecular weight is 292 g/mol. The smallest absolute Gasteiger partial charge is 0.0864 e. The normalized spacial score (nSPS) is 11.9. The van der Waals surface area contributed by atoms with Gasteiger partial charge in [0.25, 0.3) is 0 Å². The Labute approximate surface area is 127 Å². The Morgan fingerprint density at radius 3 is 1.05 bits per heavy atom. The van der Waals surface area contributed by atoms with Crippen molar-refractivity contribution in [1.82, 2.24) is 0 Å². The quantitative estimate of drug-likeness (QED) is 0.552. The molecule has 0 spiro atoms. The Morgan fingerprint density at radius 1 is 0.524 bits per heavy atom. The highest BCUT2D eigenvalue weighted by molar-refractivity contribution is 7.33. The minimum Gasteiger partial charge on any atom is -0.375 e. The lowest BCUT2D eigenvalue weighted by molar-refractivity contribution is 0.617. The number of hydrogen-bond donors (Lipinski definition) is 1. The van der Waals surface area contributed by atoms with Gasteiger partial charge in [0.1, 0.15) is 0 Å². The van der Waals surface area contributed by atoms with E-state index in [2.05, 4.69) is 36.4 Å². The molecule has 0 bridgehead atoms.